The van der Waals surface area contributed by atoms with Gasteiger partial charge in [0.05, 0.1) is 11.7 Å². The Balaban J connectivity index is 2.17. The molecule has 0 aliphatic rings. The quantitative estimate of drug-likeness (QED) is 0.518. The highest BCUT2D eigenvalue weighted by atomic mass is 35.5. The number of pyridine rings is 1. The molecular weight excluding hydrogens is 280 g/mol. The van der Waals surface area contributed by atoms with Crippen LogP contribution in [0.2, 0.25) is 5.15 Å². The maximum absolute atomic E-state index is 6.22. The molecular formula is C18H23ClN2. The van der Waals surface area contributed by atoms with Crippen LogP contribution in [0.3, 0.4) is 0 Å². The number of halogens is 1. The van der Waals surface area contributed by atoms with Crippen LogP contribution in [0.15, 0.2) is 42.6 Å². The van der Waals surface area contributed by atoms with E-state index in [-0.39, 0.29) is 6.04 Å². The zero-order valence-electron chi connectivity index (χ0n) is 12.8. The Morgan fingerprint density at radius 3 is 2.67 bits per heavy atom. The summed E-state index contributed by atoms with van der Waals surface area (Å²) in [5.74, 6) is 0. The van der Waals surface area contributed by atoms with Gasteiger partial charge < -0.3 is 5.32 Å². The monoisotopic (exact) mass is 302 g/mol. The molecule has 0 aliphatic heterocycles. The lowest BCUT2D eigenvalue weighted by Gasteiger charge is -2.21. The first-order valence-electron chi connectivity index (χ1n) is 7.64. The van der Waals surface area contributed by atoms with Crippen molar-refractivity contribution in [3.8, 4) is 0 Å². The summed E-state index contributed by atoms with van der Waals surface area (Å²) in [4.78, 5) is 4.22. The normalized spacial score (nSPS) is 12.1. The summed E-state index contributed by atoms with van der Waals surface area (Å²) in [6.07, 6.45) is 6.59. The molecule has 1 N–H and O–H groups in total. The third-order valence-corrected chi connectivity index (χ3v) is 3.91. The zero-order valence-corrected chi connectivity index (χ0v) is 13.5. The molecule has 2 aromatic rings. The van der Waals surface area contributed by atoms with Crippen LogP contribution < -0.4 is 5.32 Å². The molecule has 0 fully saturated rings. The summed E-state index contributed by atoms with van der Waals surface area (Å²) in [7, 11) is 0. The molecule has 0 amide bonds. The van der Waals surface area contributed by atoms with E-state index < -0.39 is 0 Å². The number of unbranched alkanes of at least 4 members (excludes halogenated alkanes) is 2. The number of rotatable bonds is 7. The highest BCUT2D eigenvalue weighted by Gasteiger charge is 2.13. The van der Waals surface area contributed by atoms with Crippen molar-refractivity contribution in [1.29, 1.82) is 0 Å². The van der Waals surface area contributed by atoms with E-state index in [2.05, 4.69) is 47.6 Å². The van der Waals surface area contributed by atoms with Crippen molar-refractivity contribution >= 4 is 17.3 Å². The van der Waals surface area contributed by atoms with E-state index >= 15 is 0 Å². The van der Waals surface area contributed by atoms with Gasteiger partial charge in [0, 0.05) is 6.20 Å². The summed E-state index contributed by atoms with van der Waals surface area (Å²) >= 11 is 6.22. The minimum atomic E-state index is 0.277. The van der Waals surface area contributed by atoms with E-state index in [1.807, 2.05) is 13.0 Å². The fourth-order valence-electron chi connectivity index (χ4n) is 2.45. The number of anilines is 1. The third-order valence-electron chi connectivity index (χ3n) is 3.60. The molecule has 0 saturated carbocycles. The first-order valence-corrected chi connectivity index (χ1v) is 8.02. The second-order valence-electron chi connectivity index (χ2n) is 5.45. The van der Waals surface area contributed by atoms with Crippen molar-refractivity contribution in [2.75, 3.05) is 5.32 Å². The number of aryl methyl sites for hydroxylation is 1. The van der Waals surface area contributed by atoms with Gasteiger partial charge >= 0.3 is 0 Å². The molecule has 0 aliphatic carbocycles. The Morgan fingerprint density at radius 1 is 1.19 bits per heavy atom. The van der Waals surface area contributed by atoms with Crippen LogP contribution in [0.25, 0.3) is 0 Å². The molecule has 112 valence electrons. The van der Waals surface area contributed by atoms with Crippen LogP contribution in [-0.4, -0.2) is 4.98 Å². The first kappa shape index (κ1) is 15.8. The summed E-state index contributed by atoms with van der Waals surface area (Å²) in [5.41, 5.74) is 3.33. The van der Waals surface area contributed by atoms with E-state index in [9.17, 15) is 0 Å². The fourth-order valence-corrected chi connectivity index (χ4v) is 2.61. The molecule has 1 atom stereocenters. The van der Waals surface area contributed by atoms with Crippen LogP contribution in [0, 0.1) is 6.92 Å². The van der Waals surface area contributed by atoms with Crippen molar-refractivity contribution < 1.29 is 0 Å². The molecule has 1 aromatic heterocycles. The lowest BCUT2D eigenvalue weighted by Crippen LogP contribution is -2.11. The van der Waals surface area contributed by atoms with E-state index in [0.717, 1.165) is 17.7 Å². The summed E-state index contributed by atoms with van der Waals surface area (Å²) in [6, 6.07) is 12.9. The van der Waals surface area contributed by atoms with Gasteiger partial charge in [0.15, 0.2) is 5.15 Å². The molecule has 0 bridgehead atoms. The number of nitrogens with zero attached hydrogens (tertiary/aromatic N) is 1. The Bertz CT molecular complexity index is 554. The van der Waals surface area contributed by atoms with E-state index in [1.165, 1.54) is 24.8 Å². The number of aromatic nitrogens is 1. The van der Waals surface area contributed by atoms with Crippen LogP contribution >= 0.6 is 11.6 Å². The van der Waals surface area contributed by atoms with Crippen molar-refractivity contribution in [2.45, 2.75) is 45.6 Å². The minimum Gasteiger partial charge on any atom is -0.376 e. The lowest BCUT2D eigenvalue weighted by atomic mass is 10.00. The Morgan fingerprint density at radius 2 is 1.95 bits per heavy atom. The molecule has 2 rings (SSSR count). The standard InChI is InChI=1S/C18H23ClN2/c1-3-4-6-11-16(15-9-7-5-8-10-15)21-17-12-14(2)13-20-18(17)19/h5,7-10,12-13,16,21H,3-4,6,11H2,1-2H3. The van der Waals surface area contributed by atoms with E-state index in [0.29, 0.717) is 5.15 Å². The Hall–Kier alpha value is -1.54. The third kappa shape index (κ3) is 4.75. The second-order valence-corrected chi connectivity index (χ2v) is 5.81. The number of benzene rings is 1. The van der Waals surface area contributed by atoms with Gasteiger partial charge in [0.2, 0.25) is 0 Å². The van der Waals surface area contributed by atoms with E-state index in [4.69, 9.17) is 11.6 Å². The lowest BCUT2D eigenvalue weighted by molar-refractivity contribution is 0.606. The minimum absolute atomic E-state index is 0.277. The first-order chi connectivity index (χ1) is 10.2. The van der Waals surface area contributed by atoms with Gasteiger partial charge in [-0.05, 0) is 30.5 Å². The molecule has 1 unspecified atom stereocenters. The van der Waals surface area contributed by atoms with Gasteiger partial charge in [-0.25, -0.2) is 4.98 Å². The van der Waals surface area contributed by atoms with Crippen molar-refractivity contribution in [3.05, 3.63) is 58.9 Å². The Kier molecular flexibility index (Phi) is 6.06. The maximum Gasteiger partial charge on any atom is 0.152 e. The van der Waals surface area contributed by atoms with Gasteiger partial charge in [-0.15, -0.1) is 0 Å². The van der Waals surface area contributed by atoms with Crippen molar-refractivity contribution in [3.63, 3.8) is 0 Å². The molecule has 1 heterocycles. The van der Waals surface area contributed by atoms with E-state index in [1.54, 1.807) is 6.20 Å². The summed E-state index contributed by atoms with van der Waals surface area (Å²) in [6.45, 7) is 4.26. The predicted octanol–water partition coefficient (Wildman–Crippen LogP) is 5.78. The number of hydrogen-bond donors (Lipinski definition) is 1. The fraction of sp³-hybridized carbons (Fsp3) is 0.389. The summed E-state index contributed by atoms with van der Waals surface area (Å²) in [5, 5.41) is 4.11. The number of nitrogens with one attached hydrogen (secondary N) is 1. The summed E-state index contributed by atoms with van der Waals surface area (Å²) < 4.78 is 0. The van der Waals surface area contributed by atoms with Crippen LogP contribution in [0.4, 0.5) is 5.69 Å². The zero-order chi connectivity index (χ0) is 15.1. The average molecular weight is 303 g/mol. The van der Waals surface area contributed by atoms with Gasteiger partial charge in [-0.1, -0.05) is 68.1 Å². The van der Waals surface area contributed by atoms with Crippen LogP contribution in [-0.2, 0) is 0 Å². The van der Waals surface area contributed by atoms with Crippen LogP contribution in [0.5, 0.6) is 0 Å². The Labute approximate surface area is 132 Å². The molecule has 1 aromatic carbocycles. The molecule has 3 heteroatoms. The average Bonchev–Trinajstić information content (AvgIpc) is 2.51. The molecule has 21 heavy (non-hydrogen) atoms. The van der Waals surface area contributed by atoms with Gasteiger partial charge in [-0.3, -0.25) is 0 Å². The van der Waals surface area contributed by atoms with Crippen molar-refractivity contribution in [2.24, 2.45) is 0 Å². The largest absolute Gasteiger partial charge is 0.376 e. The van der Waals surface area contributed by atoms with Crippen LogP contribution in [0.1, 0.15) is 49.8 Å². The smallest absolute Gasteiger partial charge is 0.152 e. The molecule has 0 saturated heterocycles. The highest BCUT2D eigenvalue weighted by Crippen LogP contribution is 2.28. The van der Waals surface area contributed by atoms with Crippen molar-refractivity contribution in [1.82, 2.24) is 4.98 Å². The van der Waals surface area contributed by atoms with Gasteiger partial charge in [-0.2, -0.15) is 0 Å². The molecule has 2 nitrogen and oxygen atoms in total. The SMILES string of the molecule is CCCCCC(Nc1cc(C)cnc1Cl)c1ccccc1. The highest BCUT2D eigenvalue weighted by molar-refractivity contribution is 6.31. The van der Waals surface area contributed by atoms with Gasteiger partial charge in [0.1, 0.15) is 0 Å². The van der Waals surface area contributed by atoms with Gasteiger partial charge in [0.25, 0.3) is 0 Å². The maximum atomic E-state index is 6.22. The topological polar surface area (TPSA) is 24.9 Å². The second kappa shape index (κ2) is 8.04. The number of hydrogen-bond acceptors (Lipinski definition) is 2. The molecule has 0 radical (unpaired) electrons. The molecule has 0 spiro atoms. The predicted molar refractivity (Wildman–Crippen MR) is 90.9 cm³/mol.